The molecule has 25 heavy (non-hydrogen) atoms. The van der Waals surface area contributed by atoms with Gasteiger partial charge >= 0.3 is 12.2 Å². The van der Waals surface area contributed by atoms with E-state index in [4.69, 9.17) is 9.47 Å². The largest absolute Gasteiger partial charge is 0.448 e. The molecule has 0 saturated heterocycles. The standard InChI is InChI=1S/C17H28N4O4/c1-13-7-6-8-14(18-16(22)24-11-9-20(2)3)15(13)19-17(23)25-12-10-21(4)5/h6-8H,9-12H2,1-5H3,(H,18,22)(H,19,23). The van der Waals surface area contributed by atoms with Crippen LogP contribution < -0.4 is 10.6 Å². The second-order valence-corrected chi connectivity index (χ2v) is 6.13. The Morgan fingerprint density at radius 2 is 1.44 bits per heavy atom. The average molecular weight is 352 g/mol. The smallest absolute Gasteiger partial charge is 0.411 e. The molecule has 0 radical (unpaired) electrons. The Balaban J connectivity index is 2.64. The lowest BCUT2D eigenvalue weighted by Gasteiger charge is -2.16. The highest BCUT2D eigenvalue weighted by molar-refractivity contribution is 5.96. The van der Waals surface area contributed by atoms with E-state index < -0.39 is 12.2 Å². The van der Waals surface area contributed by atoms with Gasteiger partial charge in [-0.15, -0.1) is 0 Å². The van der Waals surface area contributed by atoms with Crippen LogP contribution in [0, 0.1) is 6.92 Å². The first-order valence-electron chi connectivity index (χ1n) is 8.06. The number of ether oxygens (including phenoxy) is 2. The normalized spacial score (nSPS) is 10.7. The zero-order chi connectivity index (χ0) is 18.8. The van der Waals surface area contributed by atoms with Crippen LogP contribution in [-0.4, -0.2) is 76.5 Å². The number of likely N-dealkylation sites (N-methyl/N-ethyl adjacent to an activating group) is 2. The van der Waals surface area contributed by atoms with Gasteiger partial charge in [-0.05, 0) is 46.7 Å². The molecule has 0 spiro atoms. The highest BCUT2D eigenvalue weighted by Gasteiger charge is 2.13. The number of hydrogen-bond donors (Lipinski definition) is 2. The van der Waals surface area contributed by atoms with E-state index in [-0.39, 0.29) is 13.2 Å². The van der Waals surface area contributed by atoms with Gasteiger partial charge in [0.25, 0.3) is 0 Å². The van der Waals surface area contributed by atoms with Crippen molar-refractivity contribution in [3.05, 3.63) is 23.8 Å². The Hall–Kier alpha value is -2.32. The summed E-state index contributed by atoms with van der Waals surface area (Å²) in [4.78, 5) is 27.6. The molecule has 0 fully saturated rings. The lowest BCUT2D eigenvalue weighted by Crippen LogP contribution is -2.24. The molecule has 0 aliphatic carbocycles. The Bertz CT molecular complexity index is 576. The quantitative estimate of drug-likeness (QED) is 0.746. The first kappa shape index (κ1) is 20.7. The van der Waals surface area contributed by atoms with E-state index in [0.29, 0.717) is 24.5 Å². The van der Waals surface area contributed by atoms with Gasteiger partial charge in [0.1, 0.15) is 13.2 Å². The molecule has 0 atom stereocenters. The van der Waals surface area contributed by atoms with Crippen LogP contribution in [0.25, 0.3) is 0 Å². The van der Waals surface area contributed by atoms with Crippen LogP contribution in [0.3, 0.4) is 0 Å². The number of anilines is 2. The van der Waals surface area contributed by atoms with E-state index in [1.807, 2.05) is 51.0 Å². The zero-order valence-corrected chi connectivity index (χ0v) is 15.6. The first-order chi connectivity index (χ1) is 11.8. The fourth-order valence-corrected chi connectivity index (χ4v) is 1.86. The summed E-state index contributed by atoms with van der Waals surface area (Å²) >= 11 is 0. The fraction of sp³-hybridized carbons (Fsp3) is 0.529. The zero-order valence-electron chi connectivity index (χ0n) is 15.6. The van der Waals surface area contributed by atoms with Crippen LogP contribution in [0.15, 0.2) is 18.2 Å². The van der Waals surface area contributed by atoms with Crippen LogP contribution in [0.1, 0.15) is 5.56 Å². The summed E-state index contributed by atoms with van der Waals surface area (Å²) in [5.74, 6) is 0. The van der Waals surface area contributed by atoms with Crippen molar-refractivity contribution < 1.29 is 19.1 Å². The molecule has 1 aromatic rings. The van der Waals surface area contributed by atoms with Gasteiger partial charge < -0.3 is 19.3 Å². The van der Waals surface area contributed by atoms with Gasteiger partial charge in [0.2, 0.25) is 0 Å². The predicted octanol–water partition coefficient (Wildman–Crippen LogP) is 2.22. The molecule has 2 amide bonds. The highest BCUT2D eigenvalue weighted by atomic mass is 16.6. The minimum atomic E-state index is -0.573. The van der Waals surface area contributed by atoms with Gasteiger partial charge in [0, 0.05) is 13.1 Å². The van der Waals surface area contributed by atoms with E-state index in [1.54, 1.807) is 12.1 Å². The number of rotatable bonds is 8. The van der Waals surface area contributed by atoms with Crippen LogP contribution in [0.4, 0.5) is 21.0 Å². The summed E-state index contributed by atoms with van der Waals surface area (Å²) in [7, 11) is 7.58. The molecule has 0 unspecified atom stereocenters. The monoisotopic (exact) mass is 352 g/mol. The van der Waals surface area contributed by atoms with E-state index >= 15 is 0 Å². The van der Waals surface area contributed by atoms with E-state index in [9.17, 15) is 9.59 Å². The molecular formula is C17H28N4O4. The topological polar surface area (TPSA) is 83.1 Å². The van der Waals surface area contributed by atoms with Gasteiger partial charge in [0.05, 0.1) is 11.4 Å². The van der Waals surface area contributed by atoms with Crippen molar-refractivity contribution in [2.75, 3.05) is 65.1 Å². The summed E-state index contributed by atoms with van der Waals surface area (Å²) in [5.41, 5.74) is 1.75. The molecule has 1 rings (SSSR count). The summed E-state index contributed by atoms with van der Waals surface area (Å²) < 4.78 is 10.2. The van der Waals surface area contributed by atoms with Crippen LogP contribution in [0.2, 0.25) is 0 Å². The van der Waals surface area contributed by atoms with Gasteiger partial charge in [-0.1, -0.05) is 12.1 Å². The second-order valence-electron chi connectivity index (χ2n) is 6.13. The van der Waals surface area contributed by atoms with Crippen molar-refractivity contribution in [1.29, 1.82) is 0 Å². The third-order valence-electron chi connectivity index (χ3n) is 3.28. The lowest BCUT2D eigenvalue weighted by molar-refractivity contribution is 0.149. The van der Waals surface area contributed by atoms with E-state index in [0.717, 1.165) is 5.56 Å². The summed E-state index contributed by atoms with van der Waals surface area (Å²) in [5, 5.41) is 5.32. The maximum absolute atomic E-state index is 11.9. The number of amides is 2. The summed E-state index contributed by atoms with van der Waals surface area (Å²) in [6, 6.07) is 5.31. The van der Waals surface area contributed by atoms with Crippen molar-refractivity contribution in [3.63, 3.8) is 0 Å². The van der Waals surface area contributed by atoms with Crippen molar-refractivity contribution in [1.82, 2.24) is 9.80 Å². The van der Waals surface area contributed by atoms with Gasteiger partial charge in [-0.25, -0.2) is 9.59 Å². The van der Waals surface area contributed by atoms with Crippen LogP contribution in [0.5, 0.6) is 0 Å². The minimum absolute atomic E-state index is 0.278. The van der Waals surface area contributed by atoms with E-state index in [2.05, 4.69) is 10.6 Å². The summed E-state index contributed by atoms with van der Waals surface area (Å²) in [6.07, 6.45) is -1.14. The van der Waals surface area contributed by atoms with Crippen molar-refractivity contribution in [2.45, 2.75) is 6.92 Å². The van der Waals surface area contributed by atoms with Crippen molar-refractivity contribution >= 4 is 23.6 Å². The Kier molecular flexibility index (Phi) is 8.73. The average Bonchev–Trinajstić information content (AvgIpc) is 2.50. The number of aryl methyl sites for hydroxylation is 1. The van der Waals surface area contributed by atoms with Gasteiger partial charge in [-0.3, -0.25) is 10.6 Å². The van der Waals surface area contributed by atoms with Crippen LogP contribution in [-0.2, 0) is 9.47 Å². The molecule has 8 nitrogen and oxygen atoms in total. The maximum atomic E-state index is 11.9. The third kappa shape index (κ3) is 8.37. The molecule has 1 aromatic carbocycles. The number of benzene rings is 1. The molecule has 8 heteroatoms. The minimum Gasteiger partial charge on any atom is -0.448 e. The number of hydrogen-bond acceptors (Lipinski definition) is 6. The summed E-state index contributed by atoms with van der Waals surface area (Å²) in [6.45, 7) is 3.65. The number of para-hydroxylation sites is 1. The van der Waals surface area contributed by atoms with Gasteiger partial charge in [-0.2, -0.15) is 0 Å². The van der Waals surface area contributed by atoms with Gasteiger partial charge in [0.15, 0.2) is 0 Å². The number of nitrogens with zero attached hydrogens (tertiary/aromatic N) is 2. The number of nitrogens with one attached hydrogen (secondary N) is 2. The number of carbonyl (C=O) groups excluding carboxylic acids is 2. The second kappa shape index (κ2) is 10.5. The third-order valence-corrected chi connectivity index (χ3v) is 3.28. The molecule has 140 valence electrons. The SMILES string of the molecule is Cc1cccc(NC(=O)OCCN(C)C)c1NC(=O)OCCN(C)C. The Morgan fingerprint density at radius 1 is 0.920 bits per heavy atom. The molecule has 0 heterocycles. The fourth-order valence-electron chi connectivity index (χ4n) is 1.86. The highest BCUT2D eigenvalue weighted by Crippen LogP contribution is 2.26. The van der Waals surface area contributed by atoms with Crippen molar-refractivity contribution in [3.8, 4) is 0 Å². The molecule has 0 aromatic heterocycles. The molecule has 0 bridgehead atoms. The lowest BCUT2D eigenvalue weighted by atomic mass is 10.1. The molecule has 0 aliphatic heterocycles. The maximum Gasteiger partial charge on any atom is 0.411 e. The Labute approximate surface area is 149 Å². The molecular weight excluding hydrogens is 324 g/mol. The first-order valence-corrected chi connectivity index (χ1v) is 8.06. The van der Waals surface area contributed by atoms with E-state index in [1.165, 1.54) is 0 Å². The molecule has 2 N–H and O–H groups in total. The number of carbonyl (C=O) groups is 2. The van der Waals surface area contributed by atoms with Crippen LogP contribution >= 0.6 is 0 Å². The Morgan fingerprint density at radius 3 is 1.96 bits per heavy atom. The molecule has 0 aliphatic rings. The van der Waals surface area contributed by atoms with Crippen molar-refractivity contribution in [2.24, 2.45) is 0 Å². The molecule has 0 saturated carbocycles. The predicted molar refractivity (Wildman–Crippen MR) is 98.2 cm³/mol.